The zero-order valence-corrected chi connectivity index (χ0v) is 19.4. The minimum Gasteiger partial charge on any atom is -0.491 e. The highest BCUT2D eigenvalue weighted by atomic mass is 16.5. The van der Waals surface area contributed by atoms with Gasteiger partial charge in [0.15, 0.2) is 0 Å². The van der Waals surface area contributed by atoms with E-state index in [0.717, 1.165) is 49.8 Å². The summed E-state index contributed by atoms with van der Waals surface area (Å²) in [6.45, 7) is 2.66. The number of benzene rings is 2. The summed E-state index contributed by atoms with van der Waals surface area (Å²) >= 11 is 0. The fourth-order valence-corrected chi connectivity index (χ4v) is 7.31. The summed E-state index contributed by atoms with van der Waals surface area (Å²) in [5, 5.41) is 20.5. The van der Waals surface area contributed by atoms with E-state index >= 15 is 0 Å². The van der Waals surface area contributed by atoms with E-state index < -0.39 is 5.91 Å². The monoisotopic (exact) mass is 449 g/mol. The van der Waals surface area contributed by atoms with Crippen LogP contribution in [0.5, 0.6) is 5.75 Å². The molecular weight excluding hydrogens is 414 g/mol. The lowest BCUT2D eigenvalue weighted by molar-refractivity contribution is -0.0325. The smallest absolute Gasteiger partial charge is 0.248 e. The van der Waals surface area contributed by atoms with Crippen LogP contribution in [0.1, 0.15) is 65.6 Å². The Kier molecular flexibility index (Phi) is 5.96. The maximum Gasteiger partial charge on any atom is 0.248 e. The first-order chi connectivity index (χ1) is 15.9. The molecule has 2 fully saturated rings. The molecule has 3 aliphatic rings. The average molecular weight is 450 g/mol. The van der Waals surface area contributed by atoms with Crippen molar-refractivity contribution in [2.24, 2.45) is 28.9 Å². The predicted molar refractivity (Wildman–Crippen MR) is 127 cm³/mol. The number of hydrogen-bond donors (Lipinski definition) is 3. The minimum absolute atomic E-state index is 0.0262. The molecule has 2 saturated carbocycles. The molecule has 5 nitrogen and oxygen atoms in total. The van der Waals surface area contributed by atoms with Crippen LogP contribution < -0.4 is 10.5 Å². The van der Waals surface area contributed by atoms with E-state index in [0.29, 0.717) is 29.9 Å². The molecule has 5 rings (SSSR count). The number of hydrogen-bond acceptors (Lipinski definition) is 4. The third-order valence-corrected chi connectivity index (χ3v) is 8.88. The van der Waals surface area contributed by atoms with Gasteiger partial charge in [0.1, 0.15) is 12.4 Å². The maximum atomic E-state index is 11.6. The molecule has 2 aromatic carbocycles. The number of primary amides is 1. The van der Waals surface area contributed by atoms with Crippen LogP contribution in [-0.4, -0.2) is 35.4 Å². The Labute approximate surface area is 196 Å². The Hall–Kier alpha value is -2.37. The van der Waals surface area contributed by atoms with E-state index in [1.807, 2.05) is 24.3 Å². The SMILES string of the molecule is CC12CCC3c4ccc(OCCO)cc4CCC3C1CC(Cc1cccc(C(N)=O)c1)C2O. The number of carbonyl (C=O) groups is 1. The fourth-order valence-electron chi connectivity index (χ4n) is 7.31. The molecule has 0 saturated heterocycles. The van der Waals surface area contributed by atoms with E-state index in [9.17, 15) is 9.90 Å². The van der Waals surface area contributed by atoms with Crippen LogP contribution in [0.2, 0.25) is 0 Å². The van der Waals surface area contributed by atoms with E-state index in [4.69, 9.17) is 15.6 Å². The summed E-state index contributed by atoms with van der Waals surface area (Å²) in [5.41, 5.74) is 9.88. The fraction of sp³-hybridized carbons (Fsp3) is 0.536. The van der Waals surface area contributed by atoms with Gasteiger partial charge in [0, 0.05) is 5.56 Å². The second-order valence-corrected chi connectivity index (χ2v) is 10.6. The number of carbonyl (C=O) groups excluding carboxylic acids is 1. The first kappa shape index (κ1) is 22.4. The van der Waals surface area contributed by atoms with Crippen molar-refractivity contribution in [1.82, 2.24) is 0 Å². The van der Waals surface area contributed by atoms with Gasteiger partial charge in [-0.15, -0.1) is 0 Å². The van der Waals surface area contributed by atoms with Gasteiger partial charge < -0.3 is 20.7 Å². The topological polar surface area (TPSA) is 92.8 Å². The highest BCUT2D eigenvalue weighted by molar-refractivity contribution is 5.92. The molecule has 5 heteroatoms. The molecule has 3 aliphatic carbocycles. The first-order valence-electron chi connectivity index (χ1n) is 12.3. The Morgan fingerprint density at radius 3 is 2.85 bits per heavy atom. The molecule has 4 N–H and O–H groups in total. The molecule has 2 aromatic rings. The molecule has 0 aliphatic heterocycles. The Morgan fingerprint density at radius 2 is 2.06 bits per heavy atom. The molecule has 0 radical (unpaired) electrons. The molecular formula is C28H35NO4. The molecule has 33 heavy (non-hydrogen) atoms. The number of amides is 1. The number of nitrogens with two attached hydrogens (primary N) is 1. The van der Waals surface area contributed by atoms with Gasteiger partial charge in [-0.05, 0) is 109 Å². The molecule has 176 valence electrons. The van der Waals surface area contributed by atoms with E-state index in [1.54, 1.807) is 6.07 Å². The summed E-state index contributed by atoms with van der Waals surface area (Å²) in [4.78, 5) is 11.6. The number of aliphatic hydroxyl groups excluding tert-OH is 2. The molecule has 6 unspecified atom stereocenters. The zero-order chi connectivity index (χ0) is 23.2. The van der Waals surface area contributed by atoms with Crippen molar-refractivity contribution in [2.75, 3.05) is 13.2 Å². The molecule has 0 bridgehead atoms. The Bertz CT molecular complexity index is 1040. The van der Waals surface area contributed by atoms with E-state index in [2.05, 4.69) is 19.1 Å². The van der Waals surface area contributed by atoms with Crippen LogP contribution >= 0.6 is 0 Å². The van der Waals surface area contributed by atoms with Crippen molar-refractivity contribution in [1.29, 1.82) is 0 Å². The number of ether oxygens (including phenoxy) is 1. The van der Waals surface area contributed by atoms with Crippen molar-refractivity contribution in [3.63, 3.8) is 0 Å². The van der Waals surface area contributed by atoms with E-state index in [-0.39, 0.29) is 24.0 Å². The Morgan fingerprint density at radius 1 is 1.21 bits per heavy atom. The summed E-state index contributed by atoms with van der Waals surface area (Å²) in [6, 6.07) is 14.0. The molecule has 0 aromatic heterocycles. The minimum atomic E-state index is -0.405. The van der Waals surface area contributed by atoms with Crippen LogP contribution in [0.25, 0.3) is 0 Å². The van der Waals surface area contributed by atoms with Crippen molar-refractivity contribution >= 4 is 5.91 Å². The van der Waals surface area contributed by atoms with Gasteiger partial charge in [-0.2, -0.15) is 0 Å². The van der Waals surface area contributed by atoms with Gasteiger partial charge in [-0.3, -0.25) is 4.79 Å². The second kappa shape index (κ2) is 8.77. The van der Waals surface area contributed by atoms with Crippen molar-refractivity contribution in [2.45, 2.75) is 57.5 Å². The zero-order valence-electron chi connectivity index (χ0n) is 19.4. The highest BCUT2D eigenvalue weighted by Crippen LogP contribution is 2.62. The Balaban J connectivity index is 1.36. The van der Waals surface area contributed by atoms with Crippen LogP contribution in [0.3, 0.4) is 0 Å². The first-order valence-corrected chi connectivity index (χ1v) is 12.3. The van der Waals surface area contributed by atoms with Crippen molar-refractivity contribution in [3.8, 4) is 5.75 Å². The molecule has 6 atom stereocenters. The lowest BCUT2D eigenvalue weighted by atomic mass is 9.55. The third kappa shape index (κ3) is 3.95. The van der Waals surface area contributed by atoms with Gasteiger partial charge in [-0.1, -0.05) is 25.1 Å². The largest absolute Gasteiger partial charge is 0.491 e. The van der Waals surface area contributed by atoms with Gasteiger partial charge >= 0.3 is 0 Å². The number of fused-ring (bicyclic) bond motifs is 5. The maximum absolute atomic E-state index is 11.6. The molecule has 1 amide bonds. The van der Waals surface area contributed by atoms with Crippen molar-refractivity contribution < 1.29 is 19.7 Å². The normalized spacial score (nSPS) is 32.5. The highest BCUT2D eigenvalue weighted by Gasteiger charge is 2.57. The van der Waals surface area contributed by atoms with E-state index in [1.165, 1.54) is 11.1 Å². The van der Waals surface area contributed by atoms with Crippen LogP contribution in [0.15, 0.2) is 42.5 Å². The number of aliphatic hydroxyl groups is 2. The predicted octanol–water partition coefficient (Wildman–Crippen LogP) is 3.84. The number of rotatable bonds is 6. The molecule has 0 heterocycles. The second-order valence-electron chi connectivity index (χ2n) is 10.6. The van der Waals surface area contributed by atoms with Gasteiger partial charge in [0.05, 0.1) is 12.7 Å². The summed E-state index contributed by atoms with van der Waals surface area (Å²) in [7, 11) is 0. The van der Waals surface area contributed by atoms with Crippen LogP contribution in [0, 0.1) is 23.2 Å². The lowest BCUT2D eigenvalue weighted by Gasteiger charge is -2.50. The van der Waals surface area contributed by atoms with Gasteiger partial charge in [0.25, 0.3) is 0 Å². The van der Waals surface area contributed by atoms with Gasteiger partial charge in [0.2, 0.25) is 5.91 Å². The van der Waals surface area contributed by atoms with Crippen LogP contribution in [-0.2, 0) is 12.8 Å². The quantitative estimate of drug-likeness (QED) is 0.625. The van der Waals surface area contributed by atoms with Crippen LogP contribution in [0.4, 0.5) is 0 Å². The summed E-state index contributed by atoms with van der Waals surface area (Å²) in [6.07, 6.45) is 5.85. The summed E-state index contributed by atoms with van der Waals surface area (Å²) < 4.78 is 5.64. The summed E-state index contributed by atoms with van der Waals surface area (Å²) in [5.74, 6) is 2.29. The number of aryl methyl sites for hydroxylation is 1. The van der Waals surface area contributed by atoms with Crippen molar-refractivity contribution in [3.05, 3.63) is 64.7 Å². The lowest BCUT2D eigenvalue weighted by Crippen LogP contribution is -2.44. The standard InChI is InChI=1S/C28H35NO4/c1-28-10-9-23-22-8-6-21(33-12-11-30)15-18(22)5-7-24(23)25(28)16-20(26(28)31)14-17-3-2-4-19(13-17)27(29)32/h2-4,6,8,13,15,20,23-26,30-31H,5,7,9-12,14,16H2,1H3,(H2,29,32). The average Bonchev–Trinajstić information content (AvgIpc) is 3.07. The molecule has 0 spiro atoms. The van der Waals surface area contributed by atoms with Gasteiger partial charge in [-0.25, -0.2) is 0 Å². The third-order valence-electron chi connectivity index (χ3n) is 8.88.